The van der Waals surface area contributed by atoms with Crippen LogP contribution in [0.2, 0.25) is 0 Å². The van der Waals surface area contributed by atoms with Crippen molar-refractivity contribution in [2.45, 2.75) is 39.8 Å². The summed E-state index contributed by atoms with van der Waals surface area (Å²) in [4.78, 5) is 2.30. The van der Waals surface area contributed by atoms with E-state index in [2.05, 4.69) is 43.2 Å². The van der Waals surface area contributed by atoms with E-state index in [4.69, 9.17) is 4.74 Å². The highest BCUT2D eigenvalue weighted by atomic mass is 16.5. The van der Waals surface area contributed by atoms with Gasteiger partial charge in [0, 0.05) is 19.1 Å². The van der Waals surface area contributed by atoms with Gasteiger partial charge in [-0.15, -0.1) is 0 Å². The van der Waals surface area contributed by atoms with Gasteiger partial charge in [-0.1, -0.05) is 19.1 Å². The van der Waals surface area contributed by atoms with E-state index in [1.807, 2.05) is 26.0 Å². The van der Waals surface area contributed by atoms with Gasteiger partial charge >= 0.3 is 0 Å². The van der Waals surface area contributed by atoms with Crippen LogP contribution in [0.5, 0.6) is 5.75 Å². The summed E-state index contributed by atoms with van der Waals surface area (Å²) in [5.74, 6) is 0.941. The largest absolute Gasteiger partial charge is 0.491 e. The highest BCUT2D eigenvalue weighted by molar-refractivity contribution is 5.29. The lowest BCUT2D eigenvalue weighted by Gasteiger charge is -2.18. The zero-order valence-electron chi connectivity index (χ0n) is 12.9. The molecule has 0 aliphatic carbocycles. The fraction of sp³-hybridized carbons (Fsp3) is 0.625. The minimum Gasteiger partial charge on any atom is -0.491 e. The van der Waals surface area contributed by atoms with Crippen LogP contribution in [0.15, 0.2) is 24.3 Å². The fourth-order valence-electron chi connectivity index (χ4n) is 1.86. The van der Waals surface area contributed by atoms with Gasteiger partial charge in [0.2, 0.25) is 0 Å². The fourth-order valence-corrected chi connectivity index (χ4v) is 1.86. The van der Waals surface area contributed by atoms with Gasteiger partial charge in [0.25, 0.3) is 0 Å². The van der Waals surface area contributed by atoms with Crippen LogP contribution in [0.4, 0.5) is 0 Å². The van der Waals surface area contributed by atoms with Crippen LogP contribution in [0.25, 0.3) is 0 Å². The number of benzene rings is 1. The normalized spacial score (nSPS) is 13.0. The van der Waals surface area contributed by atoms with Gasteiger partial charge < -0.3 is 15.0 Å². The molecule has 0 aromatic heterocycles. The van der Waals surface area contributed by atoms with Gasteiger partial charge in [0.15, 0.2) is 0 Å². The summed E-state index contributed by atoms with van der Waals surface area (Å²) in [6.45, 7) is 11.6. The van der Waals surface area contributed by atoms with Gasteiger partial charge in [0.05, 0.1) is 6.10 Å². The van der Waals surface area contributed by atoms with Crippen molar-refractivity contribution in [1.29, 1.82) is 0 Å². The first kappa shape index (κ1) is 16.0. The Morgan fingerprint density at radius 1 is 1.16 bits per heavy atom. The smallest absolute Gasteiger partial charge is 0.119 e. The number of nitrogens with one attached hydrogen (secondary N) is 1. The molecule has 0 radical (unpaired) electrons. The van der Waals surface area contributed by atoms with Crippen molar-refractivity contribution in [2.75, 3.05) is 26.7 Å². The molecule has 1 atom stereocenters. The Labute approximate surface area is 118 Å². The number of nitrogens with zero attached hydrogens (tertiary/aromatic N) is 1. The zero-order valence-corrected chi connectivity index (χ0v) is 12.9. The van der Waals surface area contributed by atoms with E-state index < -0.39 is 0 Å². The minimum absolute atomic E-state index is 0.228. The van der Waals surface area contributed by atoms with Crippen molar-refractivity contribution >= 4 is 0 Å². The Kier molecular flexibility index (Phi) is 6.89. The number of ether oxygens (including phenoxy) is 1. The maximum Gasteiger partial charge on any atom is 0.119 e. The molecule has 0 aliphatic heterocycles. The predicted molar refractivity (Wildman–Crippen MR) is 81.8 cm³/mol. The highest BCUT2D eigenvalue weighted by Gasteiger charge is 2.05. The van der Waals surface area contributed by atoms with Crippen molar-refractivity contribution in [2.24, 2.45) is 0 Å². The number of rotatable bonds is 8. The lowest BCUT2D eigenvalue weighted by molar-refractivity contribution is 0.242. The molecule has 108 valence electrons. The maximum absolute atomic E-state index is 5.65. The Balaban J connectivity index is 2.42. The molecule has 0 saturated carbocycles. The Bertz CT molecular complexity index is 348. The second-order valence-electron chi connectivity index (χ2n) is 5.31. The van der Waals surface area contributed by atoms with Crippen LogP contribution < -0.4 is 10.1 Å². The summed E-state index contributed by atoms with van der Waals surface area (Å²) in [5.41, 5.74) is 1.30. The molecule has 1 aromatic rings. The maximum atomic E-state index is 5.65. The number of hydrogen-bond acceptors (Lipinski definition) is 3. The van der Waals surface area contributed by atoms with Crippen LogP contribution in [-0.2, 0) is 0 Å². The average molecular weight is 264 g/mol. The monoisotopic (exact) mass is 264 g/mol. The predicted octanol–water partition coefficient (Wildman–Crippen LogP) is 3.08. The summed E-state index contributed by atoms with van der Waals surface area (Å²) in [6.07, 6.45) is 0.228. The van der Waals surface area contributed by atoms with E-state index in [1.54, 1.807) is 0 Å². The average Bonchev–Trinajstić information content (AvgIpc) is 2.38. The van der Waals surface area contributed by atoms with E-state index in [9.17, 15) is 0 Å². The molecule has 1 unspecified atom stereocenters. The van der Waals surface area contributed by atoms with Gasteiger partial charge in [-0.2, -0.15) is 0 Å². The summed E-state index contributed by atoms with van der Waals surface area (Å²) in [6, 6.07) is 8.74. The lowest BCUT2D eigenvalue weighted by atomic mass is 10.1. The molecular formula is C16H28N2O. The molecule has 0 bridgehead atoms. The third kappa shape index (κ3) is 6.08. The SMILES string of the molecule is CCN(C)CCNC(C)c1ccc(OC(C)C)cc1. The first-order chi connectivity index (χ1) is 9.02. The molecule has 0 amide bonds. The molecule has 0 saturated heterocycles. The highest BCUT2D eigenvalue weighted by Crippen LogP contribution is 2.18. The molecule has 3 nitrogen and oxygen atoms in total. The molecule has 1 aromatic carbocycles. The van der Waals surface area contributed by atoms with E-state index >= 15 is 0 Å². The molecule has 3 heteroatoms. The molecule has 19 heavy (non-hydrogen) atoms. The van der Waals surface area contributed by atoms with Gasteiger partial charge in [0.1, 0.15) is 5.75 Å². The standard InChI is InChI=1S/C16H28N2O/c1-6-18(5)12-11-17-14(4)15-7-9-16(10-8-15)19-13(2)3/h7-10,13-14,17H,6,11-12H2,1-5H3. The minimum atomic E-state index is 0.228. The molecule has 1 rings (SSSR count). The van der Waals surface area contributed by atoms with Gasteiger partial charge in [-0.05, 0) is 52.1 Å². The van der Waals surface area contributed by atoms with Crippen molar-refractivity contribution in [1.82, 2.24) is 10.2 Å². The first-order valence-corrected chi connectivity index (χ1v) is 7.21. The molecular weight excluding hydrogens is 236 g/mol. The van der Waals surface area contributed by atoms with Crippen molar-refractivity contribution < 1.29 is 4.74 Å². The van der Waals surface area contributed by atoms with Crippen molar-refractivity contribution in [3.05, 3.63) is 29.8 Å². The third-order valence-electron chi connectivity index (χ3n) is 3.24. The van der Waals surface area contributed by atoms with Crippen LogP contribution in [-0.4, -0.2) is 37.7 Å². The lowest BCUT2D eigenvalue weighted by Crippen LogP contribution is -2.30. The second kappa shape index (κ2) is 8.18. The van der Waals surface area contributed by atoms with Crippen LogP contribution in [0.3, 0.4) is 0 Å². The molecule has 0 heterocycles. The first-order valence-electron chi connectivity index (χ1n) is 7.21. The van der Waals surface area contributed by atoms with Crippen molar-refractivity contribution in [3.63, 3.8) is 0 Å². The third-order valence-corrected chi connectivity index (χ3v) is 3.24. The van der Waals surface area contributed by atoms with Crippen molar-refractivity contribution in [3.8, 4) is 5.75 Å². The Morgan fingerprint density at radius 2 is 1.79 bits per heavy atom. The molecule has 0 spiro atoms. The molecule has 0 aliphatic rings. The van der Waals surface area contributed by atoms with E-state index in [-0.39, 0.29) is 6.10 Å². The molecule has 0 fully saturated rings. The van der Waals surface area contributed by atoms with E-state index in [1.165, 1.54) is 5.56 Å². The quantitative estimate of drug-likeness (QED) is 0.781. The zero-order chi connectivity index (χ0) is 14.3. The molecule has 1 N–H and O–H groups in total. The Hall–Kier alpha value is -1.06. The summed E-state index contributed by atoms with van der Waals surface area (Å²) < 4.78 is 5.65. The summed E-state index contributed by atoms with van der Waals surface area (Å²) >= 11 is 0. The summed E-state index contributed by atoms with van der Waals surface area (Å²) in [7, 11) is 2.14. The topological polar surface area (TPSA) is 24.5 Å². The van der Waals surface area contributed by atoms with E-state index in [0.29, 0.717) is 6.04 Å². The summed E-state index contributed by atoms with van der Waals surface area (Å²) in [5, 5.41) is 3.54. The van der Waals surface area contributed by atoms with Crippen LogP contribution >= 0.6 is 0 Å². The Morgan fingerprint density at radius 3 is 2.32 bits per heavy atom. The van der Waals surface area contributed by atoms with E-state index in [0.717, 1.165) is 25.4 Å². The van der Waals surface area contributed by atoms with Crippen LogP contribution in [0.1, 0.15) is 39.3 Å². The van der Waals surface area contributed by atoms with Gasteiger partial charge in [-0.3, -0.25) is 0 Å². The number of likely N-dealkylation sites (N-methyl/N-ethyl adjacent to an activating group) is 1. The number of hydrogen-bond donors (Lipinski definition) is 1. The van der Waals surface area contributed by atoms with Gasteiger partial charge in [-0.25, -0.2) is 0 Å². The van der Waals surface area contributed by atoms with Crippen LogP contribution in [0, 0.1) is 0 Å². The second-order valence-corrected chi connectivity index (χ2v) is 5.31.